The Balaban J connectivity index is 3.67. The highest BCUT2D eigenvalue weighted by Gasteiger charge is 2.09. The highest BCUT2D eigenvalue weighted by Crippen LogP contribution is 1.99. The first kappa shape index (κ1) is 13.4. The van der Waals surface area contributed by atoms with Gasteiger partial charge >= 0.3 is 0 Å². The summed E-state index contributed by atoms with van der Waals surface area (Å²) in [5.41, 5.74) is 5.54. The van der Waals surface area contributed by atoms with Gasteiger partial charge in [0.25, 0.3) is 0 Å². The van der Waals surface area contributed by atoms with Crippen molar-refractivity contribution >= 4 is 5.91 Å². The Bertz CT molecular complexity index is 160. The average Bonchev–Trinajstić information content (AvgIpc) is 2.14. The summed E-state index contributed by atoms with van der Waals surface area (Å²) in [7, 11) is 0. The van der Waals surface area contributed by atoms with Crippen LogP contribution in [0.4, 0.5) is 0 Å². The van der Waals surface area contributed by atoms with E-state index in [2.05, 4.69) is 5.32 Å². The number of aliphatic hydroxyl groups is 1. The lowest BCUT2D eigenvalue weighted by molar-refractivity contribution is -0.122. The highest BCUT2D eigenvalue weighted by molar-refractivity contribution is 5.76. The Labute approximate surface area is 85.9 Å². The fraction of sp³-hybridized carbons (Fsp3) is 0.900. The van der Waals surface area contributed by atoms with E-state index < -0.39 is 0 Å². The van der Waals surface area contributed by atoms with Gasteiger partial charge in [0.15, 0.2) is 0 Å². The molecule has 14 heavy (non-hydrogen) atoms. The molecule has 0 aromatic carbocycles. The molecule has 0 radical (unpaired) electrons. The summed E-state index contributed by atoms with van der Waals surface area (Å²) in [6.45, 7) is 4.00. The lowest BCUT2D eigenvalue weighted by atomic mass is 10.1. The van der Waals surface area contributed by atoms with E-state index in [9.17, 15) is 4.79 Å². The number of carbonyl (C=O) groups excluding carboxylic acids is 1. The second kappa shape index (κ2) is 7.76. The van der Waals surface area contributed by atoms with Crippen LogP contribution in [0.3, 0.4) is 0 Å². The Morgan fingerprint density at radius 1 is 1.50 bits per heavy atom. The van der Waals surface area contributed by atoms with E-state index in [0.29, 0.717) is 19.3 Å². The molecule has 4 nitrogen and oxygen atoms in total. The van der Waals surface area contributed by atoms with Crippen molar-refractivity contribution in [1.29, 1.82) is 0 Å². The minimum absolute atomic E-state index is 0.0302. The first-order chi connectivity index (χ1) is 6.60. The number of nitrogens with two attached hydrogens (primary N) is 1. The summed E-state index contributed by atoms with van der Waals surface area (Å²) >= 11 is 0. The van der Waals surface area contributed by atoms with Crippen molar-refractivity contribution in [1.82, 2.24) is 5.32 Å². The van der Waals surface area contributed by atoms with E-state index in [1.165, 1.54) is 0 Å². The Hall–Kier alpha value is -0.610. The van der Waals surface area contributed by atoms with Gasteiger partial charge in [-0.25, -0.2) is 0 Å². The minimum atomic E-state index is 0.0302. The van der Waals surface area contributed by atoms with Crippen molar-refractivity contribution in [3.63, 3.8) is 0 Å². The topological polar surface area (TPSA) is 75.3 Å². The van der Waals surface area contributed by atoms with Gasteiger partial charge in [0.2, 0.25) is 5.91 Å². The molecule has 0 saturated heterocycles. The van der Waals surface area contributed by atoms with Gasteiger partial charge in [0.1, 0.15) is 0 Å². The third kappa shape index (κ3) is 6.86. The van der Waals surface area contributed by atoms with Crippen molar-refractivity contribution in [2.45, 2.75) is 51.6 Å². The summed E-state index contributed by atoms with van der Waals surface area (Å²) in [6, 6.07) is 0.166. The predicted molar refractivity (Wildman–Crippen MR) is 56.8 cm³/mol. The van der Waals surface area contributed by atoms with E-state index in [1.54, 1.807) is 0 Å². The van der Waals surface area contributed by atoms with Gasteiger partial charge in [-0.05, 0) is 26.2 Å². The molecular formula is C10H22N2O2. The van der Waals surface area contributed by atoms with Crippen molar-refractivity contribution < 1.29 is 9.90 Å². The van der Waals surface area contributed by atoms with Crippen LogP contribution in [0.15, 0.2) is 0 Å². The van der Waals surface area contributed by atoms with E-state index in [4.69, 9.17) is 10.8 Å². The van der Waals surface area contributed by atoms with Crippen molar-refractivity contribution in [2.24, 2.45) is 5.73 Å². The summed E-state index contributed by atoms with van der Waals surface area (Å²) in [5.74, 6) is 0.0302. The van der Waals surface area contributed by atoms with Crippen molar-refractivity contribution in [3.8, 4) is 0 Å². The molecule has 2 atom stereocenters. The number of amides is 1. The molecule has 0 heterocycles. The minimum Gasteiger partial charge on any atom is -0.396 e. The molecule has 4 heteroatoms. The van der Waals surface area contributed by atoms with Crippen LogP contribution in [0.5, 0.6) is 0 Å². The number of hydrogen-bond donors (Lipinski definition) is 3. The average molecular weight is 202 g/mol. The van der Waals surface area contributed by atoms with Crippen LogP contribution in [-0.2, 0) is 4.79 Å². The lowest BCUT2D eigenvalue weighted by Crippen LogP contribution is -2.35. The van der Waals surface area contributed by atoms with Gasteiger partial charge in [-0.3, -0.25) is 4.79 Å². The van der Waals surface area contributed by atoms with E-state index in [0.717, 1.165) is 6.42 Å². The van der Waals surface area contributed by atoms with Crippen LogP contribution in [0.2, 0.25) is 0 Å². The Morgan fingerprint density at radius 3 is 2.57 bits per heavy atom. The van der Waals surface area contributed by atoms with Crippen LogP contribution in [0, 0.1) is 0 Å². The Morgan fingerprint density at radius 2 is 2.14 bits per heavy atom. The van der Waals surface area contributed by atoms with Crippen LogP contribution in [-0.4, -0.2) is 29.7 Å². The van der Waals surface area contributed by atoms with Gasteiger partial charge in [0.05, 0.1) is 0 Å². The number of nitrogens with one attached hydrogen (secondary N) is 1. The second-order valence-electron chi connectivity index (χ2n) is 3.70. The molecule has 0 spiro atoms. The summed E-state index contributed by atoms with van der Waals surface area (Å²) < 4.78 is 0. The molecule has 0 bridgehead atoms. The predicted octanol–water partition coefficient (Wildman–Crippen LogP) is 0.391. The van der Waals surface area contributed by atoms with Crippen molar-refractivity contribution in [3.05, 3.63) is 0 Å². The molecule has 84 valence electrons. The van der Waals surface area contributed by atoms with Crippen LogP contribution < -0.4 is 11.1 Å². The van der Waals surface area contributed by atoms with Crippen LogP contribution >= 0.6 is 0 Å². The molecule has 0 aliphatic rings. The number of hydrogen-bond acceptors (Lipinski definition) is 3. The van der Waals surface area contributed by atoms with Crippen LogP contribution in [0.1, 0.15) is 39.5 Å². The molecule has 0 saturated carbocycles. The van der Waals surface area contributed by atoms with Gasteiger partial charge in [-0.15, -0.1) is 0 Å². The molecule has 1 amide bonds. The normalized spacial score (nSPS) is 14.9. The molecule has 4 N–H and O–H groups in total. The Kier molecular flexibility index (Phi) is 7.42. The largest absolute Gasteiger partial charge is 0.396 e. The van der Waals surface area contributed by atoms with E-state index in [1.807, 2.05) is 13.8 Å². The molecule has 0 aromatic rings. The first-order valence-corrected chi connectivity index (χ1v) is 5.26. The van der Waals surface area contributed by atoms with Gasteiger partial charge < -0.3 is 16.2 Å². The van der Waals surface area contributed by atoms with E-state index >= 15 is 0 Å². The standard InChI is InChI=1S/C10H22N2O2/c1-3-9(6-7-13)12-10(14)5-4-8(2)11/h8-9,13H,3-7,11H2,1-2H3,(H,12,14). The van der Waals surface area contributed by atoms with Gasteiger partial charge in [-0.1, -0.05) is 6.92 Å². The third-order valence-electron chi connectivity index (χ3n) is 2.16. The van der Waals surface area contributed by atoms with Crippen LogP contribution in [0.25, 0.3) is 0 Å². The number of carbonyl (C=O) groups is 1. The molecule has 0 aromatic heterocycles. The van der Waals surface area contributed by atoms with E-state index in [-0.39, 0.29) is 24.6 Å². The summed E-state index contributed by atoms with van der Waals surface area (Å²) in [6.07, 6.45) is 2.66. The maximum absolute atomic E-state index is 11.3. The summed E-state index contributed by atoms with van der Waals surface area (Å²) in [4.78, 5) is 11.3. The number of aliphatic hydroxyl groups excluding tert-OH is 1. The SMILES string of the molecule is CCC(CCO)NC(=O)CCC(C)N. The smallest absolute Gasteiger partial charge is 0.220 e. The van der Waals surface area contributed by atoms with Gasteiger partial charge in [-0.2, -0.15) is 0 Å². The fourth-order valence-electron chi connectivity index (χ4n) is 1.19. The second-order valence-corrected chi connectivity index (χ2v) is 3.70. The third-order valence-corrected chi connectivity index (χ3v) is 2.16. The van der Waals surface area contributed by atoms with Crippen molar-refractivity contribution in [2.75, 3.05) is 6.61 Å². The molecule has 2 unspecified atom stereocenters. The zero-order valence-electron chi connectivity index (χ0n) is 9.12. The zero-order chi connectivity index (χ0) is 11.0. The molecule has 0 aliphatic carbocycles. The highest BCUT2D eigenvalue weighted by atomic mass is 16.3. The maximum atomic E-state index is 11.3. The lowest BCUT2D eigenvalue weighted by Gasteiger charge is -2.15. The number of rotatable bonds is 7. The molecule has 0 aliphatic heterocycles. The van der Waals surface area contributed by atoms with Gasteiger partial charge in [0, 0.05) is 25.1 Å². The molecule has 0 rings (SSSR count). The first-order valence-electron chi connectivity index (χ1n) is 5.26. The summed E-state index contributed by atoms with van der Waals surface area (Å²) in [5, 5.41) is 11.6. The quantitative estimate of drug-likeness (QED) is 0.559. The molecule has 0 fully saturated rings. The monoisotopic (exact) mass is 202 g/mol. The fourth-order valence-corrected chi connectivity index (χ4v) is 1.19. The molecular weight excluding hydrogens is 180 g/mol. The maximum Gasteiger partial charge on any atom is 0.220 e. The zero-order valence-corrected chi connectivity index (χ0v) is 9.12.